The number of hydrogen-bond donors (Lipinski definition) is 1. The molecule has 0 atom stereocenters. The first-order valence-corrected chi connectivity index (χ1v) is 5.56. The minimum absolute atomic E-state index is 0.394. The van der Waals surface area contributed by atoms with Crippen molar-refractivity contribution in [1.29, 1.82) is 0 Å². The fourth-order valence-electron chi connectivity index (χ4n) is 1.50. The van der Waals surface area contributed by atoms with Crippen LogP contribution in [0.1, 0.15) is 19.2 Å². The van der Waals surface area contributed by atoms with Crippen LogP contribution >= 0.6 is 11.6 Å². The molecule has 16 heavy (non-hydrogen) atoms. The summed E-state index contributed by atoms with van der Waals surface area (Å²) in [6.07, 6.45) is 1.83. The number of hydrogen-bond acceptors (Lipinski definition) is 3. The molecule has 0 aliphatic heterocycles. The molecule has 2 aromatic rings. The highest BCUT2D eigenvalue weighted by Crippen LogP contribution is 2.16. The fourth-order valence-corrected chi connectivity index (χ4v) is 1.68. The predicted octanol–water partition coefficient (Wildman–Crippen LogP) is 2.46. The summed E-state index contributed by atoms with van der Waals surface area (Å²) in [5, 5.41) is 4.99. The Bertz CT molecular complexity index is 492. The first-order chi connectivity index (χ1) is 7.70. The lowest BCUT2D eigenvalue weighted by Gasteiger charge is -2.02. The number of aryl methyl sites for hydroxylation is 1. The van der Waals surface area contributed by atoms with Gasteiger partial charge in [-0.2, -0.15) is 9.67 Å². The smallest absolute Gasteiger partial charge is 0.223 e. The Morgan fingerprint density at radius 3 is 2.94 bits per heavy atom. The first kappa shape index (κ1) is 11.0. The summed E-state index contributed by atoms with van der Waals surface area (Å²) >= 11 is 5.91. The van der Waals surface area contributed by atoms with Gasteiger partial charge in [0.05, 0.1) is 5.69 Å². The summed E-state index contributed by atoms with van der Waals surface area (Å²) in [6, 6.07) is 7.37. The van der Waals surface area contributed by atoms with E-state index in [1.54, 1.807) is 4.68 Å². The van der Waals surface area contributed by atoms with Gasteiger partial charge in [0.25, 0.3) is 0 Å². The van der Waals surface area contributed by atoms with E-state index < -0.39 is 0 Å². The largest absolute Gasteiger partial charge is 0.368 e. The maximum Gasteiger partial charge on any atom is 0.223 e. The van der Waals surface area contributed by atoms with E-state index in [0.29, 0.717) is 11.0 Å². The summed E-state index contributed by atoms with van der Waals surface area (Å²) in [5.74, 6) is 1.16. The second kappa shape index (κ2) is 4.53. The molecule has 84 valence electrons. The van der Waals surface area contributed by atoms with Gasteiger partial charge < -0.3 is 5.73 Å². The number of halogens is 1. The molecule has 4 nitrogen and oxygen atoms in total. The molecule has 5 heteroatoms. The number of nitrogen functional groups attached to an aromatic ring is 1. The van der Waals surface area contributed by atoms with Crippen LogP contribution in [0.25, 0.3) is 5.69 Å². The predicted molar refractivity (Wildman–Crippen MR) is 64.8 cm³/mol. The van der Waals surface area contributed by atoms with Crippen molar-refractivity contribution >= 4 is 17.5 Å². The zero-order valence-electron chi connectivity index (χ0n) is 9.02. The van der Waals surface area contributed by atoms with Gasteiger partial charge in [-0.25, -0.2) is 0 Å². The number of rotatable bonds is 3. The molecule has 0 saturated carbocycles. The second-order valence-electron chi connectivity index (χ2n) is 3.53. The highest BCUT2D eigenvalue weighted by Gasteiger charge is 2.07. The molecule has 0 bridgehead atoms. The van der Waals surface area contributed by atoms with Gasteiger partial charge in [0, 0.05) is 11.4 Å². The van der Waals surface area contributed by atoms with Crippen LogP contribution in [0, 0.1) is 0 Å². The van der Waals surface area contributed by atoms with Crippen molar-refractivity contribution in [3.8, 4) is 5.69 Å². The van der Waals surface area contributed by atoms with E-state index in [0.717, 1.165) is 24.4 Å². The molecule has 0 saturated heterocycles. The molecular weight excluding hydrogens is 224 g/mol. The molecule has 1 aromatic heterocycles. The Hall–Kier alpha value is -1.55. The molecule has 0 fully saturated rings. The van der Waals surface area contributed by atoms with Crippen LogP contribution in [0.15, 0.2) is 24.3 Å². The topological polar surface area (TPSA) is 56.7 Å². The van der Waals surface area contributed by atoms with Crippen LogP contribution < -0.4 is 5.73 Å². The van der Waals surface area contributed by atoms with Gasteiger partial charge in [-0.3, -0.25) is 0 Å². The number of benzene rings is 1. The first-order valence-electron chi connectivity index (χ1n) is 5.18. The third-order valence-electron chi connectivity index (χ3n) is 2.20. The molecule has 0 aliphatic rings. The van der Waals surface area contributed by atoms with Crippen LogP contribution in [0.5, 0.6) is 0 Å². The monoisotopic (exact) mass is 236 g/mol. The van der Waals surface area contributed by atoms with E-state index in [9.17, 15) is 0 Å². The van der Waals surface area contributed by atoms with E-state index in [1.807, 2.05) is 24.3 Å². The lowest BCUT2D eigenvalue weighted by Crippen LogP contribution is -2.02. The molecule has 1 heterocycles. The number of anilines is 1. The summed E-state index contributed by atoms with van der Waals surface area (Å²) in [4.78, 5) is 4.19. The standard InChI is InChI=1S/C11H13ClN4/c1-2-4-10-14-11(13)16(15-10)9-6-3-5-8(12)7-9/h3,5-7H,2,4H2,1H3,(H2,13,14,15). The minimum Gasteiger partial charge on any atom is -0.368 e. The third-order valence-corrected chi connectivity index (χ3v) is 2.44. The molecule has 0 amide bonds. The van der Waals surface area contributed by atoms with Crippen molar-refractivity contribution < 1.29 is 0 Å². The molecule has 0 aliphatic carbocycles. The normalized spacial score (nSPS) is 10.6. The van der Waals surface area contributed by atoms with E-state index >= 15 is 0 Å². The average molecular weight is 237 g/mol. The minimum atomic E-state index is 0.394. The van der Waals surface area contributed by atoms with Gasteiger partial charge in [0.1, 0.15) is 0 Å². The average Bonchev–Trinajstić information content (AvgIpc) is 2.60. The van der Waals surface area contributed by atoms with Crippen molar-refractivity contribution in [3.05, 3.63) is 35.1 Å². The molecule has 2 N–H and O–H groups in total. The Morgan fingerprint density at radius 1 is 1.44 bits per heavy atom. The summed E-state index contributed by atoms with van der Waals surface area (Å²) < 4.78 is 1.61. The van der Waals surface area contributed by atoms with Crippen LogP contribution in [0.4, 0.5) is 5.95 Å². The van der Waals surface area contributed by atoms with E-state index in [-0.39, 0.29) is 0 Å². The quantitative estimate of drug-likeness (QED) is 0.891. The molecular formula is C11H13ClN4. The van der Waals surface area contributed by atoms with Crippen molar-refractivity contribution in [2.45, 2.75) is 19.8 Å². The lowest BCUT2D eigenvalue weighted by molar-refractivity contribution is 0.801. The maximum absolute atomic E-state index is 5.91. The van der Waals surface area contributed by atoms with Crippen LogP contribution in [0.3, 0.4) is 0 Å². The van der Waals surface area contributed by atoms with Crippen molar-refractivity contribution in [2.24, 2.45) is 0 Å². The SMILES string of the molecule is CCCc1nc(N)n(-c2cccc(Cl)c2)n1. The van der Waals surface area contributed by atoms with Gasteiger partial charge in [-0.05, 0) is 24.6 Å². The molecule has 0 unspecified atom stereocenters. The van der Waals surface area contributed by atoms with E-state index in [1.165, 1.54) is 0 Å². The fraction of sp³-hybridized carbons (Fsp3) is 0.273. The van der Waals surface area contributed by atoms with Gasteiger partial charge in [0.2, 0.25) is 5.95 Å². The van der Waals surface area contributed by atoms with E-state index in [4.69, 9.17) is 17.3 Å². The molecule has 0 spiro atoms. The zero-order valence-corrected chi connectivity index (χ0v) is 9.78. The maximum atomic E-state index is 5.91. The van der Waals surface area contributed by atoms with Crippen molar-refractivity contribution in [2.75, 3.05) is 5.73 Å². The van der Waals surface area contributed by atoms with Crippen molar-refractivity contribution in [1.82, 2.24) is 14.8 Å². The zero-order chi connectivity index (χ0) is 11.5. The number of aromatic nitrogens is 3. The highest BCUT2D eigenvalue weighted by atomic mass is 35.5. The van der Waals surface area contributed by atoms with Crippen molar-refractivity contribution in [3.63, 3.8) is 0 Å². The lowest BCUT2D eigenvalue weighted by atomic mass is 10.3. The summed E-state index contributed by atoms with van der Waals surface area (Å²) in [6.45, 7) is 2.08. The van der Waals surface area contributed by atoms with Gasteiger partial charge >= 0.3 is 0 Å². The molecule has 0 radical (unpaired) electrons. The van der Waals surface area contributed by atoms with E-state index in [2.05, 4.69) is 17.0 Å². The van der Waals surface area contributed by atoms with Gasteiger partial charge in [-0.15, -0.1) is 5.10 Å². The Labute approximate surface area is 99.1 Å². The van der Waals surface area contributed by atoms with Crippen LogP contribution in [-0.4, -0.2) is 14.8 Å². The van der Waals surface area contributed by atoms with Gasteiger partial charge in [0.15, 0.2) is 5.82 Å². The summed E-state index contributed by atoms with van der Waals surface area (Å²) in [5.41, 5.74) is 6.63. The molecule has 2 rings (SSSR count). The Balaban J connectivity index is 2.40. The molecule has 1 aromatic carbocycles. The van der Waals surface area contributed by atoms with Crippen LogP contribution in [0.2, 0.25) is 5.02 Å². The number of nitrogens with zero attached hydrogens (tertiary/aromatic N) is 3. The van der Waals surface area contributed by atoms with Gasteiger partial charge in [-0.1, -0.05) is 24.6 Å². The third kappa shape index (κ3) is 2.17. The Kier molecular flexibility index (Phi) is 3.10. The highest BCUT2D eigenvalue weighted by molar-refractivity contribution is 6.30. The van der Waals surface area contributed by atoms with Crippen LogP contribution in [-0.2, 0) is 6.42 Å². The second-order valence-corrected chi connectivity index (χ2v) is 3.96. The number of nitrogens with two attached hydrogens (primary N) is 1. The summed E-state index contributed by atoms with van der Waals surface area (Å²) in [7, 11) is 0. The Morgan fingerprint density at radius 2 is 2.25 bits per heavy atom.